The fraction of sp³-hybridized carbons (Fsp3) is 0.533. The molecule has 1 aromatic rings. The average Bonchev–Trinajstić information content (AvgIpc) is 3.09. The molecule has 1 fully saturated rings. The molecular weight excluding hydrogens is 244 g/mol. The topological polar surface area (TPSA) is 66.8 Å². The van der Waals surface area contributed by atoms with Crippen molar-refractivity contribution in [3.05, 3.63) is 23.8 Å². The third kappa shape index (κ3) is 3.40. The summed E-state index contributed by atoms with van der Waals surface area (Å²) in [7, 11) is 0. The van der Waals surface area contributed by atoms with Crippen LogP contribution < -0.4 is 4.74 Å². The first kappa shape index (κ1) is 13.7. The molecule has 1 saturated carbocycles. The van der Waals surface area contributed by atoms with Crippen molar-refractivity contribution in [2.24, 2.45) is 5.92 Å². The second kappa shape index (κ2) is 5.51. The average molecular weight is 264 g/mol. The summed E-state index contributed by atoms with van der Waals surface area (Å²) in [6.07, 6.45) is 2.07. The number of carboxylic acids is 1. The number of hydrogen-bond acceptors (Lipinski definition) is 3. The normalized spacial score (nSPS) is 16.4. The second-order valence-corrected chi connectivity index (χ2v) is 5.40. The Labute approximate surface area is 113 Å². The lowest BCUT2D eigenvalue weighted by Gasteiger charge is -2.21. The van der Waals surface area contributed by atoms with Crippen LogP contribution in [0.4, 0.5) is 0 Å². The predicted octanol–water partition coefficient (Wildman–Crippen LogP) is 3.15. The maximum atomic E-state index is 11.0. The molecule has 19 heavy (non-hydrogen) atoms. The highest BCUT2D eigenvalue weighted by molar-refractivity contribution is 5.69. The zero-order chi connectivity index (χ0) is 14.0. The van der Waals surface area contributed by atoms with Crippen LogP contribution in [0.5, 0.6) is 11.5 Å². The monoisotopic (exact) mass is 264 g/mol. The maximum absolute atomic E-state index is 11.0. The van der Waals surface area contributed by atoms with E-state index in [4.69, 9.17) is 9.84 Å². The fourth-order valence-corrected chi connectivity index (χ4v) is 2.45. The molecule has 0 spiro atoms. The van der Waals surface area contributed by atoms with E-state index in [-0.39, 0.29) is 24.2 Å². The molecule has 4 heteroatoms. The van der Waals surface area contributed by atoms with E-state index in [0.29, 0.717) is 17.2 Å². The second-order valence-electron chi connectivity index (χ2n) is 5.40. The predicted molar refractivity (Wildman–Crippen MR) is 71.6 cm³/mol. The van der Waals surface area contributed by atoms with Gasteiger partial charge in [-0.2, -0.15) is 0 Å². The largest absolute Gasteiger partial charge is 0.508 e. The van der Waals surface area contributed by atoms with E-state index in [2.05, 4.69) is 0 Å². The lowest BCUT2D eigenvalue weighted by atomic mass is 9.89. The van der Waals surface area contributed by atoms with Crippen LogP contribution in [0.15, 0.2) is 18.2 Å². The highest BCUT2D eigenvalue weighted by atomic mass is 16.5. The molecule has 1 aliphatic rings. The SMILES string of the molecule is CC(C)Oc1cccc(O)c1C(CC(=O)O)C1CC1. The third-order valence-electron chi connectivity index (χ3n) is 3.36. The molecule has 1 atom stereocenters. The first-order valence-electron chi connectivity index (χ1n) is 6.69. The van der Waals surface area contributed by atoms with Gasteiger partial charge in [-0.1, -0.05) is 6.07 Å². The van der Waals surface area contributed by atoms with Gasteiger partial charge in [0.1, 0.15) is 11.5 Å². The minimum Gasteiger partial charge on any atom is -0.508 e. The summed E-state index contributed by atoms with van der Waals surface area (Å²) in [5.74, 6) is 0.0893. The van der Waals surface area contributed by atoms with Crippen LogP contribution in [0, 0.1) is 5.92 Å². The van der Waals surface area contributed by atoms with Gasteiger partial charge in [0.25, 0.3) is 0 Å². The molecule has 0 bridgehead atoms. The van der Waals surface area contributed by atoms with Crippen LogP contribution in [0.3, 0.4) is 0 Å². The number of phenols is 1. The van der Waals surface area contributed by atoms with Gasteiger partial charge in [0.05, 0.1) is 12.5 Å². The van der Waals surface area contributed by atoms with Crippen LogP contribution >= 0.6 is 0 Å². The lowest BCUT2D eigenvalue weighted by Crippen LogP contribution is -2.13. The Hall–Kier alpha value is -1.71. The first-order valence-corrected chi connectivity index (χ1v) is 6.69. The van der Waals surface area contributed by atoms with Crippen molar-refractivity contribution in [1.29, 1.82) is 0 Å². The zero-order valence-corrected chi connectivity index (χ0v) is 11.3. The molecule has 0 aromatic heterocycles. The molecule has 2 N–H and O–H groups in total. The van der Waals surface area contributed by atoms with E-state index in [0.717, 1.165) is 12.8 Å². The Morgan fingerprint density at radius 2 is 2.11 bits per heavy atom. The van der Waals surface area contributed by atoms with E-state index in [1.165, 1.54) is 0 Å². The van der Waals surface area contributed by atoms with Crippen molar-refractivity contribution in [2.45, 2.75) is 45.1 Å². The number of carbonyl (C=O) groups is 1. The summed E-state index contributed by atoms with van der Waals surface area (Å²) in [6.45, 7) is 3.83. The molecule has 1 aliphatic carbocycles. The number of phenolic OH excluding ortho intramolecular Hbond substituents is 1. The van der Waals surface area contributed by atoms with E-state index in [9.17, 15) is 9.90 Å². The lowest BCUT2D eigenvalue weighted by molar-refractivity contribution is -0.137. The molecule has 0 heterocycles. The molecule has 2 rings (SSSR count). The summed E-state index contributed by atoms with van der Waals surface area (Å²) in [5.41, 5.74) is 0.654. The molecule has 0 radical (unpaired) electrons. The first-order chi connectivity index (χ1) is 8.99. The number of benzene rings is 1. The standard InChI is InChI=1S/C15H20O4/c1-9(2)19-13-5-3-4-12(16)15(13)11(8-14(17)18)10-6-7-10/h3-5,9-11,16H,6-8H2,1-2H3,(H,17,18). The van der Waals surface area contributed by atoms with E-state index < -0.39 is 5.97 Å². The summed E-state index contributed by atoms with van der Waals surface area (Å²) in [4.78, 5) is 11.0. The van der Waals surface area contributed by atoms with E-state index >= 15 is 0 Å². The number of ether oxygens (including phenoxy) is 1. The Morgan fingerprint density at radius 1 is 1.42 bits per heavy atom. The molecular formula is C15H20O4. The van der Waals surface area contributed by atoms with Crippen LogP contribution in [0.25, 0.3) is 0 Å². The van der Waals surface area contributed by atoms with Crippen molar-refractivity contribution in [3.63, 3.8) is 0 Å². The summed E-state index contributed by atoms with van der Waals surface area (Å²) < 4.78 is 5.71. The Bertz CT molecular complexity index is 463. The smallest absolute Gasteiger partial charge is 0.303 e. The van der Waals surface area contributed by atoms with Gasteiger partial charge >= 0.3 is 5.97 Å². The van der Waals surface area contributed by atoms with Crippen molar-refractivity contribution in [3.8, 4) is 11.5 Å². The van der Waals surface area contributed by atoms with Crippen molar-refractivity contribution in [1.82, 2.24) is 0 Å². The van der Waals surface area contributed by atoms with Crippen LogP contribution in [-0.2, 0) is 4.79 Å². The maximum Gasteiger partial charge on any atom is 0.303 e. The summed E-state index contributed by atoms with van der Waals surface area (Å²) in [6, 6.07) is 5.12. The van der Waals surface area contributed by atoms with Gasteiger partial charge in [-0.15, -0.1) is 0 Å². The number of aliphatic carboxylic acids is 1. The number of rotatable bonds is 6. The molecule has 104 valence electrons. The highest BCUT2D eigenvalue weighted by Gasteiger charge is 2.37. The quantitative estimate of drug-likeness (QED) is 0.828. The van der Waals surface area contributed by atoms with Crippen molar-refractivity contribution >= 4 is 5.97 Å². The number of hydrogen-bond donors (Lipinski definition) is 2. The van der Waals surface area contributed by atoms with Crippen LogP contribution in [0.1, 0.15) is 44.6 Å². The van der Waals surface area contributed by atoms with Crippen molar-refractivity contribution in [2.75, 3.05) is 0 Å². The van der Waals surface area contributed by atoms with Gasteiger partial charge in [0.15, 0.2) is 0 Å². The molecule has 0 aliphatic heterocycles. The molecule has 0 amide bonds. The minimum absolute atomic E-state index is 0.00905. The Balaban J connectivity index is 2.36. The number of carboxylic acid groups (broad SMARTS) is 1. The molecule has 1 aromatic carbocycles. The van der Waals surface area contributed by atoms with Gasteiger partial charge in [-0.25, -0.2) is 0 Å². The summed E-state index contributed by atoms with van der Waals surface area (Å²) >= 11 is 0. The molecule has 0 saturated heterocycles. The zero-order valence-electron chi connectivity index (χ0n) is 11.3. The van der Waals surface area contributed by atoms with Crippen molar-refractivity contribution < 1.29 is 19.7 Å². The van der Waals surface area contributed by atoms with Gasteiger partial charge in [-0.3, -0.25) is 4.79 Å². The Morgan fingerprint density at radius 3 is 2.63 bits per heavy atom. The molecule has 1 unspecified atom stereocenters. The van der Waals surface area contributed by atoms with Gasteiger partial charge in [0.2, 0.25) is 0 Å². The van der Waals surface area contributed by atoms with Gasteiger partial charge in [0, 0.05) is 11.5 Å². The van der Waals surface area contributed by atoms with Crippen LogP contribution in [0.2, 0.25) is 0 Å². The van der Waals surface area contributed by atoms with Gasteiger partial charge in [-0.05, 0) is 44.7 Å². The number of aromatic hydroxyl groups is 1. The van der Waals surface area contributed by atoms with E-state index in [1.807, 2.05) is 13.8 Å². The highest BCUT2D eigenvalue weighted by Crippen LogP contribution is 2.49. The minimum atomic E-state index is -0.837. The third-order valence-corrected chi connectivity index (χ3v) is 3.36. The molecule has 4 nitrogen and oxygen atoms in total. The summed E-state index contributed by atoms with van der Waals surface area (Å²) in [5, 5.41) is 19.2. The van der Waals surface area contributed by atoms with Crippen LogP contribution in [-0.4, -0.2) is 22.3 Å². The van der Waals surface area contributed by atoms with E-state index in [1.54, 1.807) is 18.2 Å². The van der Waals surface area contributed by atoms with Gasteiger partial charge < -0.3 is 14.9 Å². The Kier molecular flexibility index (Phi) is 3.98. The fourth-order valence-electron chi connectivity index (χ4n) is 2.45.